The van der Waals surface area contributed by atoms with E-state index in [0.717, 1.165) is 11.8 Å². The molecule has 9 heteroatoms. The van der Waals surface area contributed by atoms with E-state index < -0.39 is 39.1 Å². The molecule has 1 saturated carbocycles. The lowest BCUT2D eigenvalue weighted by Gasteiger charge is -2.27. The molecule has 37 heavy (non-hydrogen) atoms. The predicted molar refractivity (Wildman–Crippen MR) is 136 cm³/mol. The van der Waals surface area contributed by atoms with E-state index in [2.05, 4.69) is 4.72 Å². The Labute approximate surface area is 215 Å². The van der Waals surface area contributed by atoms with Crippen LogP contribution in [0.5, 0.6) is 5.75 Å². The number of esters is 1. The Kier molecular flexibility index (Phi) is 7.94. The second-order valence-corrected chi connectivity index (χ2v) is 11.3. The monoisotopic (exact) mass is 529 g/mol. The maximum absolute atomic E-state index is 15.1. The van der Waals surface area contributed by atoms with Gasteiger partial charge in [0.15, 0.2) is 11.6 Å². The minimum Gasteiger partial charge on any atom is -0.485 e. The van der Waals surface area contributed by atoms with Crippen molar-refractivity contribution >= 4 is 16.0 Å². The molecule has 3 aromatic rings. The van der Waals surface area contributed by atoms with Crippen LogP contribution in [0, 0.1) is 17.0 Å². The molecule has 3 aromatic carbocycles. The van der Waals surface area contributed by atoms with Gasteiger partial charge in [-0.3, -0.25) is 4.79 Å². The number of carbonyl (C=O) groups is 1. The first-order chi connectivity index (χ1) is 17.6. The van der Waals surface area contributed by atoms with Crippen LogP contribution in [0.25, 0.3) is 11.1 Å². The van der Waals surface area contributed by atoms with Gasteiger partial charge in [0.25, 0.3) is 0 Å². The van der Waals surface area contributed by atoms with E-state index in [1.54, 1.807) is 18.2 Å². The number of nitrogens with one attached hydrogen (secondary N) is 1. The van der Waals surface area contributed by atoms with Crippen molar-refractivity contribution in [1.82, 2.24) is 4.72 Å². The molecule has 1 N–H and O–H groups in total. The summed E-state index contributed by atoms with van der Waals surface area (Å²) >= 11 is 0. The van der Waals surface area contributed by atoms with E-state index in [1.165, 1.54) is 25.3 Å². The number of sulfonamides is 1. The maximum Gasteiger partial charge on any atom is 0.312 e. The van der Waals surface area contributed by atoms with Crippen LogP contribution in [-0.2, 0) is 32.6 Å². The van der Waals surface area contributed by atoms with Crippen LogP contribution in [0.2, 0.25) is 0 Å². The summed E-state index contributed by atoms with van der Waals surface area (Å²) in [5.41, 5.74) is 0.902. The van der Waals surface area contributed by atoms with Gasteiger partial charge in [0.05, 0.1) is 18.8 Å². The zero-order valence-electron chi connectivity index (χ0n) is 20.7. The van der Waals surface area contributed by atoms with Crippen LogP contribution in [0.15, 0.2) is 66.7 Å². The number of benzene rings is 3. The van der Waals surface area contributed by atoms with Crippen LogP contribution in [0.4, 0.5) is 8.78 Å². The highest BCUT2D eigenvalue weighted by Gasteiger charge is 2.47. The molecule has 6 nitrogen and oxygen atoms in total. The summed E-state index contributed by atoms with van der Waals surface area (Å²) in [7, 11) is -2.15. The fourth-order valence-corrected chi connectivity index (χ4v) is 5.85. The predicted octanol–water partition coefficient (Wildman–Crippen LogP) is 5.01. The van der Waals surface area contributed by atoms with Gasteiger partial charge in [-0.1, -0.05) is 48.5 Å². The average Bonchev–Trinajstić information content (AvgIpc) is 3.26. The minimum absolute atomic E-state index is 0.0663. The molecule has 4 rings (SSSR count). The molecule has 0 saturated heterocycles. The Bertz CT molecular complexity index is 1380. The quantitative estimate of drug-likeness (QED) is 0.394. The smallest absolute Gasteiger partial charge is 0.312 e. The van der Waals surface area contributed by atoms with Crippen LogP contribution in [0.1, 0.15) is 30.4 Å². The van der Waals surface area contributed by atoms with Crippen molar-refractivity contribution < 1.29 is 31.5 Å². The van der Waals surface area contributed by atoms with Gasteiger partial charge >= 0.3 is 5.97 Å². The molecular formula is C28H29F2NO5S. The molecule has 1 aliphatic carbocycles. The minimum atomic E-state index is -3.45. The molecular weight excluding hydrogens is 500 g/mol. The molecule has 1 aliphatic rings. The van der Waals surface area contributed by atoms with Gasteiger partial charge in [0.1, 0.15) is 12.4 Å². The second-order valence-electron chi connectivity index (χ2n) is 9.48. The summed E-state index contributed by atoms with van der Waals surface area (Å²) in [5, 5.41) is 0. The van der Waals surface area contributed by atoms with E-state index in [1.807, 2.05) is 30.3 Å². The Morgan fingerprint density at radius 3 is 2.46 bits per heavy atom. The Morgan fingerprint density at radius 1 is 1.00 bits per heavy atom. The number of methoxy groups -OCH3 is 1. The van der Waals surface area contributed by atoms with E-state index in [0.29, 0.717) is 18.4 Å². The molecule has 1 fully saturated rings. The largest absolute Gasteiger partial charge is 0.485 e. The number of carbonyl (C=O) groups excluding carboxylic acids is 1. The van der Waals surface area contributed by atoms with Crippen LogP contribution in [-0.4, -0.2) is 33.8 Å². The van der Waals surface area contributed by atoms with Crippen molar-refractivity contribution in [3.8, 4) is 16.9 Å². The van der Waals surface area contributed by atoms with Crippen molar-refractivity contribution in [1.29, 1.82) is 0 Å². The number of ether oxygens (including phenoxy) is 2. The highest BCUT2D eigenvalue weighted by Crippen LogP contribution is 2.43. The Morgan fingerprint density at radius 2 is 1.76 bits per heavy atom. The molecule has 2 atom stereocenters. The lowest BCUT2D eigenvalue weighted by atomic mass is 9.79. The van der Waals surface area contributed by atoms with Crippen molar-refractivity contribution in [2.45, 2.75) is 38.3 Å². The second kappa shape index (κ2) is 11.0. The van der Waals surface area contributed by atoms with Gasteiger partial charge in [0.2, 0.25) is 10.0 Å². The first kappa shape index (κ1) is 26.8. The zero-order valence-corrected chi connectivity index (χ0v) is 21.5. The average molecular weight is 530 g/mol. The number of para-hydroxylation sites is 1. The van der Waals surface area contributed by atoms with Crippen LogP contribution < -0.4 is 9.46 Å². The lowest BCUT2D eigenvalue weighted by molar-refractivity contribution is -0.152. The van der Waals surface area contributed by atoms with Gasteiger partial charge in [-0.25, -0.2) is 21.9 Å². The van der Waals surface area contributed by atoms with Gasteiger partial charge in [-0.2, -0.15) is 0 Å². The molecule has 0 spiro atoms. The summed E-state index contributed by atoms with van der Waals surface area (Å²) in [4.78, 5) is 12.8. The molecule has 196 valence electrons. The molecule has 0 unspecified atom stereocenters. The standard InChI is InChI=1S/C28H29F2NO5S/c1-35-27(32)28(14-13-21(17-28)31-37(2,33)34)16-20-11-12-24(29)23(15-20)22-9-6-10-25(30)26(22)36-18-19-7-4-3-5-8-19/h3-12,15,21,31H,13-14,16-18H2,1-2H3/t21-,28+/m0/s1. The molecule has 0 heterocycles. The number of hydrogen-bond donors (Lipinski definition) is 1. The van der Waals surface area contributed by atoms with Crippen molar-refractivity contribution in [2.24, 2.45) is 5.41 Å². The van der Waals surface area contributed by atoms with Gasteiger partial charge < -0.3 is 9.47 Å². The first-order valence-electron chi connectivity index (χ1n) is 11.9. The highest BCUT2D eigenvalue weighted by molar-refractivity contribution is 7.88. The summed E-state index contributed by atoms with van der Waals surface area (Å²) in [5.74, 6) is -1.69. The molecule has 0 aliphatic heterocycles. The van der Waals surface area contributed by atoms with Gasteiger partial charge in [-0.15, -0.1) is 0 Å². The topological polar surface area (TPSA) is 81.7 Å². The Balaban J connectivity index is 1.65. The van der Waals surface area contributed by atoms with E-state index in [4.69, 9.17) is 9.47 Å². The van der Waals surface area contributed by atoms with Crippen LogP contribution >= 0.6 is 0 Å². The molecule has 0 aromatic heterocycles. The van der Waals surface area contributed by atoms with Gasteiger partial charge in [-0.05, 0) is 55.0 Å². The SMILES string of the molecule is COC(=O)[C@@]1(Cc2ccc(F)c(-c3cccc(F)c3OCc3ccccc3)c2)CC[C@H](NS(C)(=O)=O)C1. The van der Waals surface area contributed by atoms with Gasteiger partial charge in [0, 0.05) is 17.2 Å². The van der Waals surface area contributed by atoms with Crippen LogP contribution in [0.3, 0.4) is 0 Å². The summed E-state index contributed by atoms with van der Waals surface area (Å²) in [6.45, 7) is 0.107. The van der Waals surface area contributed by atoms with Crippen molar-refractivity contribution in [3.63, 3.8) is 0 Å². The first-order valence-corrected chi connectivity index (χ1v) is 13.8. The van der Waals surface area contributed by atoms with E-state index >= 15 is 4.39 Å². The van der Waals surface area contributed by atoms with E-state index in [9.17, 15) is 17.6 Å². The van der Waals surface area contributed by atoms with Crippen molar-refractivity contribution in [2.75, 3.05) is 13.4 Å². The molecule has 0 amide bonds. The Hall–Kier alpha value is -3.30. The third-order valence-electron chi connectivity index (χ3n) is 6.66. The number of hydrogen-bond acceptors (Lipinski definition) is 5. The summed E-state index contributed by atoms with van der Waals surface area (Å²) < 4.78 is 66.8. The zero-order chi connectivity index (χ0) is 26.6. The third kappa shape index (κ3) is 6.34. The number of rotatable bonds is 9. The van der Waals surface area contributed by atoms with Crippen molar-refractivity contribution in [3.05, 3.63) is 89.5 Å². The van der Waals surface area contributed by atoms with E-state index in [-0.39, 0.29) is 36.3 Å². The fourth-order valence-electron chi connectivity index (χ4n) is 5.04. The maximum atomic E-state index is 15.1. The lowest BCUT2D eigenvalue weighted by Crippen LogP contribution is -2.37. The normalized spacial score (nSPS) is 19.5. The summed E-state index contributed by atoms with van der Waals surface area (Å²) in [6, 6.07) is 17.6. The third-order valence-corrected chi connectivity index (χ3v) is 7.43. The fraction of sp³-hybridized carbons (Fsp3) is 0.321. The molecule has 0 radical (unpaired) electrons. The molecule has 0 bridgehead atoms. The number of halogens is 2. The summed E-state index contributed by atoms with van der Waals surface area (Å²) in [6.07, 6.45) is 2.42. The highest BCUT2D eigenvalue weighted by atomic mass is 32.2.